The van der Waals surface area contributed by atoms with E-state index in [0.717, 1.165) is 11.1 Å². The molecule has 2 aromatic heterocycles. The molecule has 0 bridgehead atoms. The van der Waals surface area contributed by atoms with E-state index in [0.29, 0.717) is 11.6 Å². The zero-order valence-corrected chi connectivity index (χ0v) is 12.2. The van der Waals surface area contributed by atoms with Crippen molar-refractivity contribution in [3.8, 4) is 11.6 Å². The fourth-order valence-corrected chi connectivity index (χ4v) is 2.05. The van der Waals surface area contributed by atoms with Gasteiger partial charge in [0.15, 0.2) is 0 Å². The number of benzene rings is 1. The molecule has 0 N–H and O–H groups in total. The third-order valence-electron chi connectivity index (χ3n) is 3.25. The minimum atomic E-state index is -0.314. The minimum Gasteiger partial charge on any atom is -0.472 e. The number of rotatable bonds is 4. The Balaban J connectivity index is 1.97. The van der Waals surface area contributed by atoms with Crippen molar-refractivity contribution in [2.45, 2.75) is 13.5 Å². The molecule has 0 radical (unpaired) electrons. The average molecular weight is 298 g/mol. The van der Waals surface area contributed by atoms with Crippen molar-refractivity contribution in [1.29, 1.82) is 0 Å². The molecule has 0 aliphatic heterocycles. The molecule has 0 unspecified atom stereocenters. The molecule has 0 aliphatic rings. The highest BCUT2D eigenvalue weighted by molar-refractivity contribution is 5.44. The van der Waals surface area contributed by atoms with E-state index >= 15 is 0 Å². The molecule has 112 valence electrons. The number of aryl methyl sites for hydroxylation is 2. The molecule has 0 saturated carbocycles. The number of nitrogens with zero attached hydrogens (tertiary/aromatic N) is 6. The Morgan fingerprint density at radius 2 is 2.05 bits per heavy atom. The van der Waals surface area contributed by atoms with Crippen LogP contribution in [-0.4, -0.2) is 30.0 Å². The topological polar surface area (TPSA) is 87.7 Å². The number of hydrogen-bond acceptors (Lipinski definition) is 6. The van der Waals surface area contributed by atoms with Gasteiger partial charge in [-0.05, 0) is 35.0 Å². The van der Waals surface area contributed by atoms with Gasteiger partial charge in [-0.25, -0.2) is 4.79 Å². The maximum Gasteiger partial charge on any atom is 0.368 e. The Hall–Kier alpha value is -3.03. The number of aromatic nitrogens is 6. The third kappa shape index (κ3) is 2.58. The first-order chi connectivity index (χ1) is 10.7. The van der Waals surface area contributed by atoms with Crippen molar-refractivity contribution < 1.29 is 4.74 Å². The Kier molecular flexibility index (Phi) is 3.65. The number of hydrogen-bond donors (Lipinski definition) is 0. The maximum atomic E-state index is 12.0. The molecule has 0 aliphatic carbocycles. The fourth-order valence-electron chi connectivity index (χ4n) is 2.05. The van der Waals surface area contributed by atoms with E-state index in [2.05, 4.69) is 20.6 Å². The average Bonchev–Trinajstić information content (AvgIpc) is 2.86. The monoisotopic (exact) mass is 298 g/mol. The largest absolute Gasteiger partial charge is 0.472 e. The van der Waals surface area contributed by atoms with Crippen molar-refractivity contribution >= 4 is 0 Å². The molecule has 2 heterocycles. The molecule has 0 spiro atoms. The van der Waals surface area contributed by atoms with Crippen LogP contribution in [0.4, 0.5) is 0 Å². The van der Waals surface area contributed by atoms with E-state index in [1.165, 1.54) is 9.36 Å². The van der Waals surface area contributed by atoms with E-state index in [1.54, 1.807) is 31.4 Å². The van der Waals surface area contributed by atoms with Crippen LogP contribution in [-0.2, 0) is 13.7 Å². The molecule has 0 amide bonds. The number of tetrazole rings is 1. The highest BCUT2D eigenvalue weighted by Gasteiger charge is 2.13. The summed E-state index contributed by atoms with van der Waals surface area (Å²) in [5.41, 5.74) is 2.16. The van der Waals surface area contributed by atoms with Crippen molar-refractivity contribution in [2.24, 2.45) is 7.05 Å². The van der Waals surface area contributed by atoms with Crippen LogP contribution in [0.15, 0.2) is 41.3 Å². The van der Waals surface area contributed by atoms with E-state index in [1.807, 2.05) is 19.1 Å². The van der Waals surface area contributed by atoms with Gasteiger partial charge in [0.05, 0.1) is 5.69 Å². The van der Waals surface area contributed by atoms with Gasteiger partial charge in [0, 0.05) is 24.9 Å². The number of ether oxygens (including phenoxy) is 1. The molecule has 1 aromatic carbocycles. The summed E-state index contributed by atoms with van der Waals surface area (Å²) in [6.45, 7) is 2.20. The van der Waals surface area contributed by atoms with Crippen LogP contribution in [0.25, 0.3) is 5.69 Å². The first-order valence-corrected chi connectivity index (χ1v) is 6.65. The molecule has 8 heteroatoms. The summed E-state index contributed by atoms with van der Waals surface area (Å²) >= 11 is 0. The molecular weight excluding hydrogens is 284 g/mol. The van der Waals surface area contributed by atoms with Crippen molar-refractivity contribution in [1.82, 2.24) is 30.0 Å². The SMILES string of the molecule is Cc1cccc(-n2nnn(C)c2=O)c1COc1cccnn1. The smallest absolute Gasteiger partial charge is 0.368 e. The lowest BCUT2D eigenvalue weighted by atomic mass is 10.1. The van der Waals surface area contributed by atoms with Crippen molar-refractivity contribution in [2.75, 3.05) is 0 Å². The predicted octanol–water partition coefficient (Wildman–Crippen LogP) is 0.643. The highest BCUT2D eigenvalue weighted by atomic mass is 16.5. The molecule has 8 nitrogen and oxygen atoms in total. The summed E-state index contributed by atoms with van der Waals surface area (Å²) in [5, 5.41) is 15.2. The van der Waals surface area contributed by atoms with Crippen molar-refractivity contribution in [3.63, 3.8) is 0 Å². The van der Waals surface area contributed by atoms with Crippen LogP contribution in [0.1, 0.15) is 11.1 Å². The molecule has 0 atom stereocenters. The normalized spacial score (nSPS) is 10.6. The quantitative estimate of drug-likeness (QED) is 0.702. The van der Waals surface area contributed by atoms with Gasteiger partial charge in [-0.15, -0.1) is 5.10 Å². The van der Waals surface area contributed by atoms with Gasteiger partial charge in [0.25, 0.3) is 0 Å². The Bertz CT molecular complexity index is 840. The van der Waals surface area contributed by atoms with Crippen LogP contribution in [0.2, 0.25) is 0 Å². The molecule has 3 rings (SSSR count). The molecule has 0 fully saturated rings. The zero-order chi connectivity index (χ0) is 15.5. The van der Waals surface area contributed by atoms with Gasteiger partial charge in [-0.3, -0.25) is 0 Å². The Labute approximate surface area is 126 Å². The van der Waals surface area contributed by atoms with E-state index in [4.69, 9.17) is 4.74 Å². The molecule has 22 heavy (non-hydrogen) atoms. The Morgan fingerprint density at radius 1 is 1.18 bits per heavy atom. The van der Waals surface area contributed by atoms with Gasteiger partial charge < -0.3 is 4.74 Å². The van der Waals surface area contributed by atoms with Gasteiger partial charge >= 0.3 is 5.69 Å². The fraction of sp³-hybridized carbons (Fsp3) is 0.214. The van der Waals surface area contributed by atoms with Gasteiger partial charge in [-0.2, -0.15) is 14.5 Å². The lowest BCUT2D eigenvalue weighted by molar-refractivity contribution is 0.289. The van der Waals surface area contributed by atoms with Gasteiger partial charge in [0.2, 0.25) is 5.88 Å². The highest BCUT2D eigenvalue weighted by Crippen LogP contribution is 2.18. The molecular formula is C14H14N6O2. The second-order valence-electron chi connectivity index (χ2n) is 4.72. The van der Waals surface area contributed by atoms with E-state index in [9.17, 15) is 4.79 Å². The standard InChI is InChI=1S/C14H14N6O2/c1-10-5-3-6-12(20-14(21)19(2)17-18-20)11(10)9-22-13-7-4-8-15-16-13/h3-8H,9H2,1-2H3. The first-order valence-electron chi connectivity index (χ1n) is 6.65. The maximum absolute atomic E-state index is 12.0. The lowest BCUT2D eigenvalue weighted by Gasteiger charge is -2.12. The van der Waals surface area contributed by atoms with Gasteiger partial charge in [-0.1, -0.05) is 12.1 Å². The second kappa shape index (κ2) is 5.76. The predicted molar refractivity (Wildman–Crippen MR) is 77.7 cm³/mol. The summed E-state index contributed by atoms with van der Waals surface area (Å²) in [6.07, 6.45) is 1.57. The van der Waals surface area contributed by atoms with Crippen LogP contribution in [0, 0.1) is 6.92 Å². The van der Waals surface area contributed by atoms with E-state index < -0.39 is 0 Å². The summed E-state index contributed by atoms with van der Waals surface area (Å²) in [4.78, 5) is 12.0. The minimum absolute atomic E-state index is 0.254. The second-order valence-corrected chi connectivity index (χ2v) is 4.72. The summed E-state index contributed by atoms with van der Waals surface area (Å²) in [5.74, 6) is 0.420. The van der Waals surface area contributed by atoms with Crippen LogP contribution in [0.3, 0.4) is 0 Å². The third-order valence-corrected chi connectivity index (χ3v) is 3.25. The van der Waals surface area contributed by atoms with Crippen LogP contribution in [0.5, 0.6) is 5.88 Å². The van der Waals surface area contributed by atoms with E-state index in [-0.39, 0.29) is 12.3 Å². The lowest BCUT2D eigenvalue weighted by Crippen LogP contribution is -2.23. The van der Waals surface area contributed by atoms with Gasteiger partial charge in [0.1, 0.15) is 6.61 Å². The summed E-state index contributed by atoms with van der Waals surface area (Å²) < 4.78 is 8.07. The molecule has 0 saturated heterocycles. The van der Waals surface area contributed by atoms with Crippen LogP contribution < -0.4 is 10.4 Å². The summed E-state index contributed by atoms with van der Waals surface area (Å²) in [6, 6.07) is 9.07. The first kappa shape index (κ1) is 13.9. The van der Waals surface area contributed by atoms with Crippen molar-refractivity contribution in [3.05, 3.63) is 58.1 Å². The summed E-state index contributed by atoms with van der Waals surface area (Å²) in [7, 11) is 1.55. The Morgan fingerprint density at radius 3 is 2.73 bits per heavy atom. The zero-order valence-electron chi connectivity index (χ0n) is 12.2. The van der Waals surface area contributed by atoms with Crippen LogP contribution >= 0.6 is 0 Å². The molecule has 3 aromatic rings.